The number of hydrogen-bond acceptors (Lipinski definition) is 4. The van der Waals surface area contributed by atoms with E-state index in [4.69, 9.17) is 4.99 Å². The zero-order valence-corrected chi connectivity index (χ0v) is 15.3. The van der Waals surface area contributed by atoms with Gasteiger partial charge >= 0.3 is 0 Å². The van der Waals surface area contributed by atoms with Gasteiger partial charge in [0.2, 0.25) is 5.91 Å². The molecule has 1 fully saturated rings. The number of guanidine groups is 1. The third-order valence-corrected chi connectivity index (χ3v) is 4.39. The summed E-state index contributed by atoms with van der Waals surface area (Å²) in [5.74, 6) is 1.04. The fourth-order valence-corrected chi connectivity index (χ4v) is 2.92. The molecule has 138 valence electrons. The molecule has 2 heterocycles. The number of nitrogens with one attached hydrogen (secondary N) is 1. The fraction of sp³-hybridized carbons (Fsp3) is 0.444. The quantitative estimate of drug-likeness (QED) is 0.651. The highest BCUT2D eigenvalue weighted by Gasteiger charge is 2.20. The van der Waals surface area contributed by atoms with Gasteiger partial charge in [0.05, 0.1) is 12.2 Å². The second-order valence-electron chi connectivity index (χ2n) is 6.17. The van der Waals surface area contributed by atoms with Crippen LogP contribution in [0.1, 0.15) is 19.4 Å². The first-order chi connectivity index (χ1) is 12.7. The third kappa shape index (κ3) is 4.38. The Bertz CT molecular complexity index is 731. The van der Waals surface area contributed by atoms with E-state index in [-0.39, 0.29) is 5.91 Å². The summed E-state index contributed by atoms with van der Waals surface area (Å²) < 4.78 is 1.73. The van der Waals surface area contributed by atoms with E-state index in [0.29, 0.717) is 6.54 Å². The maximum atomic E-state index is 11.5. The number of carbonyl (C=O) groups excluding carboxylic acids is 1. The molecule has 1 aliphatic rings. The number of amides is 1. The molecule has 0 aliphatic carbocycles. The lowest BCUT2D eigenvalue weighted by Gasteiger charge is -2.36. The normalized spacial score (nSPS) is 15.2. The molecule has 1 aromatic carbocycles. The molecule has 3 rings (SSSR count). The van der Waals surface area contributed by atoms with Crippen molar-refractivity contribution in [3.8, 4) is 5.69 Å². The molecular formula is C18H25N7O. The van der Waals surface area contributed by atoms with Gasteiger partial charge in [0, 0.05) is 39.6 Å². The van der Waals surface area contributed by atoms with Crippen molar-refractivity contribution in [3.63, 3.8) is 0 Å². The van der Waals surface area contributed by atoms with E-state index >= 15 is 0 Å². The summed E-state index contributed by atoms with van der Waals surface area (Å²) in [4.78, 5) is 24.3. The fourth-order valence-electron chi connectivity index (χ4n) is 2.92. The molecular weight excluding hydrogens is 330 g/mol. The van der Waals surface area contributed by atoms with E-state index in [1.54, 1.807) is 17.9 Å². The number of aromatic nitrogens is 3. The van der Waals surface area contributed by atoms with Crippen molar-refractivity contribution in [1.82, 2.24) is 29.9 Å². The Morgan fingerprint density at radius 1 is 1.15 bits per heavy atom. The lowest BCUT2D eigenvalue weighted by Crippen LogP contribution is -2.53. The van der Waals surface area contributed by atoms with Crippen LogP contribution in [0.4, 0.5) is 0 Å². The van der Waals surface area contributed by atoms with Gasteiger partial charge in [0.15, 0.2) is 5.96 Å². The zero-order chi connectivity index (χ0) is 18.4. The lowest BCUT2D eigenvalue weighted by atomic mass is 10.2. The van der Waals surface area contributed by atoms with Crippen LogP contribution < -0.4 is 5.32 Å². The number of piperazine rings is 1. The molecule has 0 spiro atoms. The largest absolute Gasteiger partial charge is 0.357 e. The number of hydrogen-bond donors (Lipinski definition) is 1. The van der Waals surface area contributed by atoms with Crippen LogP contribution in [0.3, 0.4) is 0 Å². The maximum Gasteiger partial charge on any atom is 0.219 e. The Hall–Kier alpha value is -2.90. The Kier molecular flexibility index (Phi) is 5.83. The van der Waals surface area contributed by atoms with E-state index < -0.39 is 0 Å². The SMILES string of the molecule is CCNC(=NCc1ccc(-n2cncn2)cc1)N1CCN(C(C)=O)CC1. The molecule has 8 nitrogen and oxygen atoms in total. The second-order valence-corrected chi connectivity index (χ2v) is 6.17. The highest BCUT2D eigenvalue weighted by molar-refractivity contribution is 5.80. The minimum atomic E-state index is 0.138. The van der Waals surface area contributed by atoms with E-state index in [0.717, 1.165) is 49.9 Å². The smallest absolute Gasteiger partial charge is 0.219 e. The van der Waals surface area contributed by atoms with Crippen molar-refractivity contribution in [2.75, 3.05) is 32.7 Å². The summed E-state index contributed by atoms with van der Waals surface area (Å²) in [6.45, 7) is 8.20. The summed E-state index contributed by atoms with van der Waals surface area (Å²) in [6.07, 6.45) is 3.20. The number of carbonyl (C=O) groups is 1. The molecule has 2 aromatic rings. The van der Waals surface area contributed by atoms with Crippen molar-refractivity contribution in [3.05, 3.63) is 42.5 Å². The molecule has 1 aliphatic heterocycles. The van der Waals surface area contributed by atoms with Gasteiger partial charge in [-0.15, -0.1) is 0 Å². The second kappa shape index (κ2) is 8.46. The Morgan fingerprint density at radius 3 is 2.42 bits per heavy atom. The van der Waals surface area contributed by atoms with Crippen molar-refractivity contribution < 1.29 is 4.79 Å². The van der Waals surface area contributed by atoms with Crippen molar-refractivity contribution in [1.29, 1.82) is 0 Å². The van der Waals surface area contributed by atoms with Gasteiger partial charge in [0.25, 0.3) is 0 Å². The van der Waals surface area contributed by atoms with Gasteiger partial charge in [-0.25, -0.2) is 14.7 Å². The van der Waals surface area contributed by atoms with E-state index in [1.165, 1.54) is 6.33 Å². The number of nitrogens with zero attached hydrogens (tertiary/aromatic N) is 6. The van der Waals surface area contributed by atoms with E-state index in [2.05, 4.69) is 39.4 Å². The van der Waals surface area contributed by atoms with Crippen LogP contribution in [0.5, 0.6) is 0 Å². The van der Waals surface area contributed by atoms with Crippen molar-refractivity contribution in [2.24, 2.45) is 4.99 Å². The van der Waals surface area contributed by atoms with E-state index in [1.807, 2.05) is 17.0 Å². The van der Waals surface area contributed by atoms with Gasteiger partial charge in [-0.3, -0.25) is 4.79 Å². The summed E-state index contributed by atoms with van der Waals surface area (Å²) in [7, 11) is 0. The molecule has 0 bridgehead atoms. The van der Waals surface area contributed by atoms with Gasteiger partial charge in [-0.05, 0) is 24.6 Å². The molecule has 26 heavy (non-hydrogen) atoms. The number of aliphatic imine (C=N–C) groups is 1. The highest BCUT2D eigenvalue weighted by atomic mass is 16.2. The first-order valence-electron chi connectivity index (χ1n) is 8.90. The first-order valence-corrected chi connectivity index (χ1v) is 8.90. The minimum Gasteiger partial charge on any atom is -0.357 e. The highest BCUT2D eigenvalue weighted by Crippen LogP contribution is 2.10. The van der Waals surface area contributed by atoms with E-state index in [9.17, 15) is 4.79 Å². The molecule has 0 saturated carbocycles. The topological polar surface area (TPSA) is 78.7 Å². The Labute approximate surface area is 153 Å². The summed E-state index contributed by atoms with van der Waals surface area (Å²) in [6, 6.07) is 8.13. The van der Waals surface area contributed by atoms with Crippen LogP contribution in [0.25, 0.3) is 5.69 Å². The molecule has 0 radical (unpaired) electrons. The third-order valence-electron chi connectivity index (χ3n) is 4.39. The number of rotatable bonds is 4. The maximum absolute atomic E-state index is 11.5. The van der Waals surface area contributed by atoms with Crippen molar-refractivity contribution in [2.45, 2.75) is 20.4 Å². The molecule has 0 unspecified atom stereocenters. The summed E-state index contributed by atoms with van der Waals surface area (Å²) in [5, 5.41) is 7.48. The summed E-state index contributed by atoms with van der Waals surface area (Å²) in [5.41, 5.74) is 2.11. The molecule has 8 heteroatoms. The average molecular weight is 355 g/mol. The molecule has 0 atom stereocenters. The minimum absolute atomic E-state index is 0.138. The predicted molar refractivity (Wildman–Crippen MR) is 100 cm³/mol. The average Bonchev–Trinajstić information content (AvgIpc) is 3.20. The Balaban J connectivity index is 1.63. The molecule has 1 N–H and O–H groups in total. The Morgan fingerprint density at radius 2 is 1.85 bits per heavy atom. The van der Waals surface area contributed by atoms with Crippen LogP contribution in [0, 0.1) is 0 Å². The molecule has 1 saturated heterocycles. The zero-order valence-electron chi connectivity index (χ0n) is 15.3. The standard InChI is InChI=1S/C18H25N7O/c1-3-20-18(24-10-8-23(9-11-24)15(2)26)21-12-16-4-6-17(7-5-16)25-14-19-13-22-25/h4-7,13-14H,3,8-12H2,1-2H3,(H,20,21). The summed E-state index contributed by atoms with van der Waals surface area (Å²) >= 11 is 0. The van der Waals surface area contributed by atoms with Gasteiger partial charge in [-0.2, -0.15) is 5.10 Å². The monoisotopic (exact) mass is 355 g/mol. The number of benzene rings is 1. The van der Waals surface area contributed by atoms with Gasteiger partial charge < -0.3 is 15.1 Å². The van der Waals surface area contributed by atoms with Crippen LogP contribution in [0.15, 0.2) is 41.9 Å². The van der Waals surface area contributed by atoms with Gasteiger partial charge in [0.1, 0.15) is 12.7 Å². The van der Waals surface area contributed by atoms with Crippen molar-refractivity contribution >= 4 is 11.9 Å². The lowest BCUT2D eigenvalue weighted by molar-refractivity contribution is -0.130. The first kappa shape index (κ1) is 17.9. The van der Waals surface area contributed by atoms with Crippen LogP contribution in [-0.2, 0) is 11.3 Å². The van der Waals surface area contributed by atoms with Crippen LogP contribution in [-0.4, -0.2) is 69.2 Å². The van der Waals surface area contributed by atoms with Crippen LogP contribution >= 0.6 is 0 Å². The predicted octanol–water partition coefficient (Wildman–Crippen LogP) is 0.897. The molecule has 1 aromatic heterocycles. The molecule has 1 amide bonds. The van der Waals surface area contributed by atoms with Crippen LogP contribution in [0.2, 0.25) is 0 Å². The van der Waals surface area contributed by atoms with Gasteiger partial charge in [-0.1, -0.05) is 12.1 Å².